The Balaban J connectivity index is 0.00000121. The molecule has 0 unspecified atom stereocenters. The summed E-state index contributed by atoms with van der Waals surface area (Å²) in [7, 11) is 0. The fourth-order valence-electron chi connectivity index (χ4n) is 0.891. The van der Waals surface area contributed by atoms with E-state index in [0.29, 0.717) is 13.0 Å². The summed E-state index contributed by atoms with van der Waals surface area (Å²) in [6.07, 6.45) is 0.716. The van der Waals surface area contributed by atoms with Crippen molar-refractivity contribution < 1.29 is 10.2 Å². The Kier molecular flexibility index (Phi) is 5.23. The van der Waals surface area contributed by atoms with Crippen molar-refractivity contribution in [2.45, 2.75) is 6.42 Å². The molecule has 4 heteroatoms. The zero-order chi connectivity index (χ0) is 8.27. The summed E-state index contributed by atoms with van der Waals surface area (Å²) in [6, 6.07) is 4.71. The smallest absolute Gasteiger partial charge is 0.157 e. The Morgan fingerprint density at radius 3 is 2.33 bits per heavy atom. The molecule has 0 saturated carbocycles. The van der Waals surface area contributed by atoms with E-state index >= 15 is 0 Å². The van der Waals surface area contributed by atoms with Crippen LogP contribution in [0, 0.1) is 0 Å². The van der Waals surface area contributed by atoms with Gasteiger partial charge in [-0.25, -0.2) is 0 Å². The van der Waals surface area contributed by atoms with Gasteiger partial charge in [0.05, 0.1) is 0 Å². The molecule has 0 fully saturated rings. The van der Waals surface area contributed by atoms with E-state index in [4.69, 9.17) is 15.9 Å². The summed E-state index contributed by atoms with van der Waals surface area (Å²) in [4.78, 5) is 0. The van der Waals surface area contributed by atoms with Crippen LogP contribution in [0.2, 0.25) is 0 Å². The van der Waals surface area contributed by atoms with Gasteiger partial charge in [0.2, 0.25) is 0 Å². The molecular weight excluding hydrogens is 349 g/mol. The average Bonchev–Trinajstić information content (AvgIpc) is 1.98. The van der Waals surface area contributed by atoms with E-state index in [9.17, 15) is 0 Å². The summed E-state index contributed by atoms with van der Waals surface area (Å²) >= 11 is 0. The van der Waals surface area contributed by atoms with Crippen LogP contribution in [0.15, 0.2) is 18.2 Å². The maximum Gasteiger partial charge on any atom is 0.157 e. The normalized spacial score (nSPS) is 9.08. The van der Waals surface area contributed by atoms with Gasteiger partial charge in [0, 0.05) is 27.3 Å². The Labute approximate surface area is 91.4 Å². The number of phenolic OH excluding ortho intramolecular Hbond substituents is 2. The number of nitrogens with two attached hydrogens (primary N) is 1. The van der Waals surface area contributed by atoms with Gasteiger partial charge < -0.3 is 15.9 Å². The van der Waals surface area contributed by atoms with Gasteiger partial charge in [-0.05, 0) is 30.7 Å². The van der Waals surface area contributed by atoms with E-state index < -0.39 is 0 Å². The van der Waals surface area contributed by atoms with Crippen LogP contribution in [-0.2, 0) is 6.42 Å². The molecule has 64 valence electrons. The Morgan fingerprint density at radius 2 is 1.83 bits per heavy atom. The van der Waals surface area contributed by atoms with Crippen LogP contribution in [-0.4, -0.2) is 44.1 Å². The number of phenols is 2. The van der Waals surface area contributed by atoms with E-state index in [-0.39, 0.29) is 38.8 Å². The number of hydrogen-bond donors (Lipinski definition) is 3. The molecule has 1 aromatic rings. The summed E-state index contributed by atoms with van der Waals surface area (Å²) < 4.78 is 0. The third-order valence-electron chi connectivity index (χ3n) is 1.47. The zero-order valence-corrected chi connectivity index (χ0v) is 10.5. The Hall–Kier alpha value is -0.298. The first kappa shape index (κ1) is 11.7. The van der Waals surface area contributed by atoms with Gasteiger partial charge in [0.1, 0.15) is 0 Å². The molecule has 12 heavy (non-hydrogen) atoms. The van der Waals surface area contributed by atoms with E-state index in [1.165, 1.54) is 12.1 Å². The predicted molar refractivity (Wildman–Crippen MR) is 48.3 cm³/mol. The maximum absolute atomic E-state index is 9.04. The van der Waals surface area contributed by atoms with Crippen LogP contribution >= 0.6 is 0 Å². The fourth-order valence-corrected chi connectivity index (χ4v) is 0.891. The van der Waals surface area contributed by atoms with Crippen molar-refractivity contribution >= 4 is 27.3 Å². The number of aromatic hydroxyl groups is 2. The molecule has 4 radical (unpaired) electrons. The summed E-state index contributed by atoms with van der Waals surface area (Å²) in [5, 5.41) is 18.0. The van der Waals surface area contributed by atoms with Gasteiger partial charge in [-0.2, -0.15) is 0 Å². The number of hydrogen-bond acceptors (Lipinski definition) is 3. The standard InChI is InChI=1S/C8H11NO2.Pb/c9-4-3-6-1-2-7(10)8(11)5-6;/h1-2,5,10-11H,3-4,9H2;. The van der Waals surface area contributed by atoms with E-state index in [0.717, 1.165) is 5.56 Å². The molecule has 1 rings (SSSR count). The van der Waals surface area contributed by atoms with Crippen molar-refractivity contribution in [3.8, 4) is 11.5 Å². The second kappa shape index (κ2) is 5.37. The van der Waals surface area contributed by atoms with Gasteiger partial charge in [-0.3, -0.25) is 0 Å². The second-order valence-electron chi connectivity index (χ2n) is 2.36. The molecular formula is C8H11NO2Pb. The molecule has 4 N–H and O–H groups in total. The van der Waals surface area contributed by atoms with Crippen LogP contribution in [0.5, 0.6) is 11.5 Å². The SMILES string of the molecule is NCCc1ccc(O)c(O)c1.[Pb]. The van der Waals surface area contributed by atoms with E-state index in [1.807, 2.05) is 0 Å². The van der Waals surface area contributed by atoms with Crippen LogP contribution in [0.3, 0.4) is 0 Å². The average molecular weight is 360 g/mol. The molecule has 0 amide bonds. The van der Waals surface area contributed by atoms with Crippen LogP contribution in [0.4, 0.5) is 0 Å². The second-order valence-corrected chi connectivity index (χ2v) is 2.36. The third-order valence-corrected chi connectivity index (χ3v) is 1.47. The van der Waals surface area contributed by atoms with Crippen molar-refractivity contribution in [1.29, 1.82) is 0 Å². The first-order chi connectivity index (χ1) is 5.24. The third kappa shape index (κ3) is 2.98. The predicted octanol–water partition coefficient (Wildman–Crippen LogP) is 0.218. The molecule has 0 aliphatic carbocycles. The molecule has 0 atom stereocenters. The minimum absolute atomic E-state index is 0. The van der Waals surface area contributed by atoms with Crippen LogP contribution < -0.4 is 5.73 Å². The fraction of sp³-hybridized carbons (Fsp3) is 0.250. The zero-order valence-electron chi connectivity index (χ0n) is 6.62. The van der Waals surface area contributed by atoms with Gasteiger partial charge in [-0.15, -0.1) is 0 Å². The number of rotatable bonds is 2. The topological polar surface area (TPSA) is 66.5 Å². The van der Waals surface area contributed by atoms with Crippen LogP contribution in [0.25, 0.3) is 0 Å². The molecule has 0 aliphatic heterocycles. The van der Waals surface area contributed by atoms with Crippen LogP contribution in [0.1, 0.15) is 5.56 Å². The molecule has 0 bridgehead atoms. The van der Waals surface area contributed by atoms with Crippen molar-refractivity contribution in [2.75, 3.05) is 6.54 Å². The quantitative estimate of drug-likeness (QED) is 0.522. The maximum atomic E-state index is 9.04. The molecule has 3 nitrogen and oxygen atoms in total. The summed E-state index contributed by atoms with van der Waals surface area (Å²) in [5.41, 5.74) is 6.24. The molecule has 0 saturated heterocycles. The van der Waals surface area contributed by atoms with E-state index in [1.54, 1.807) is 6.07 Å². The van der Waals surface area contributed by atoms with Crippen molar-refractivity contribution in [3.63, 3.8) is 0 Å². The minimum Gasteiger partial charge on any atom is -0.504 e. The first-order valence-corrected chi connectivity index (χ1v) is 3.45. The van der Waals surface area contributed by atoms with Crippen molar-refractivity contribution in [2.24, 2.45) is 5.73 Å². The summed E-state index contributed by atoms with van der Waals surface area (Å²) in [6.45, 7) is 0.546. The van der Waals surface area contributed by atoms with Gasteiger partial charge in [-0.1, -0.05) is 6.07 Å². The molecule has 0 aliphatic rings. The van der Waals surface area contributed by atoms with Gasteiger partial charge in [0.25, 0.3) is 0 Å². The Bertz CT molecular complexity index is 253. The monoisotopic (exact) mass is 361 g/mol. The largest absolute Gasteiger partial charge is 0.504 e. The first-order valence-electron chi connectivity index (χ1n) is 3.45. The van der Waals surface area contributed by atoms with E-state index in [2.05, 4.69) is 0 Å². The molecule has 0 heterocycles. The van der Waals surface area contributed by atoms with Crippen molar-refractivity contribution in [3.05, 3.63) is 23.8 Å². The molecule has 0 spiro atoms. The minimum atomic E-state index is -0.0919. The molecule has 1 aromatic carbocycles. The Morgan fingerprint density at radius 1 is 1.17 bits per heavy atom. The van der Waals surface area contributed by atoms with Gasteiger partial charge >= 0.3 is 0 Å². The van der Waals surface area contributed by atoms with Gasteiger partial charge in [0.15, 0.2) is 11.5 Å². The van der Waals surface area contributed by atoms with Crippen molar-refractivity contribution in [1.82, 2.24) is 0 Å². The summed E-state index contributed by atoms with van der Waals surface area (Å²) in [5.74, 6) is -0.179. The molecule has 0 aromatic heterocycles. The number of benzene rings is 1.